The quantitative estimate of drug-likeness (QED) is 0.694. The van der Waals surface area contributed by atoms with Crippen molar-refractivity contribution in [2.45, 2.75) is 43.4 Å². The zero-order valence-corrected chi connectivity index (χ0v) is 14.4. The SMILES string of the molecule is O=C(Nc1cccc(Cl)c1Cl)C12CC3CC(CC(Cl)(C3)C1)C2. The lowest BCUT2D eigenvalue weighted by Gasteiger charge is -2.59. The minimum atomic E-state index is -0.322. The Labute approximate surface area is 145 Å². The molecule has 1 amide bonds. The number of halogens is 3. The number of hydrogen-bond donors (Lipinski definition) is 1. The van der Waals surface area contributed by atoms with Crippen LogP contribution in [0.25, 0.3) is 0 Å². The van der Waals surface area contributed by atoms with Crippen LogP contribution in [0.1, 0.15) is 38.5 Å². The van der Waals surface area contributed by atoms with Gasteiger partial charge in [-0.25, -0.2) is 0 Å². The van der Waals surface area contributed by atoms with Gasteiger partial charge in [-0.15, -0.1) is 11.6 Å². The predicted molar refractivity (Wildman–Crippen MR) is 90.8 cm³/mol. The Kier molecular flexibility index (Phi) is 3.45. The van der Waals surface area contributed by atoms with E-state index < -0.39 is 0 Å². The zero-order chi connectivity index (χ0) is 15.5. The second-order valence-corrected chi connectivity index (χ2v) is 9.03. The van der Waals surface area contributed by atoms with Gasteiger partial charge in [-0.1, -0.05) is 29.3 Å². The third-order valence-electron chi connectivity index (χ3n) is 5.67. The summed E-state index contributed by atoms with van der Waals surface area (Å²) in [6.07, 6.45) is 6.08. The average Bonchev–Trinajstić information content (AvgIpc) is 2.41. The fourth-order valence-electron chi connectivity index (χ4n) is 5.27. The molecule has 1 N–H and O–H groups in total. The number of benzene rings is 1. The number of anilines is 1. The lowest BCUT2D eigenvalue weighted by atomic mass is 9.49. The summed E-state index contributed by atoms with van der Waals surface area (Å²) < 4.78 is 0. The van der Waals surface area contributed by atoms with Gasteiger partial charge in [-0.2, -0.15) is 0 Å². The Morgan fingerprint density at radius 1 is 1.14 bits per heavy atom. The number of carbonyl (C=O) groups excluding carboxylic acids is 1. The van der Waals surface area contributed by atoms with Crippen molar-refractivity contribution in [3.63, 3.8) is 0 Å². The van der Waals surface area contributed by atoms with Gasteiger partial charge in [0.05, 0.1) is 21.1 Å². The molecule has 0 saturated heterocycles. The third kappa shape index (κ3) is 2.35. The molecule has 0 aliphatic heterocycles. The third-order valence-corrected chi connectivity index (χ3v) is 6.93. The number of alkyl halides is 1. The van der Waals surface area contributed by atoms with Gasteiger partial charge in [0.2, 0.25) is 5.91 Å². The maximum absolute atomic E-state index is 13.0. The van der Waals surface area contributed by atoms with Crippen LogP contribution >= 0.6 is 34.8 Å². The molecule has 0 spiro atoms. The highest BCUT2D eigenvalue weighted by Gasteiger charge is 2.60. The van der Waals surface area contributed by atoms with Gasteiger partial charge in [0.25, 0.3) is 0 Å². The van der Waals surface area contributed by atoms with Crippen molar-refractivity contribution in [2.24, 2.45) is 17.3 Å². The van der Waals surface area contributed by atoms with Crippen molar-refractivity contribution < 1.29 is 4.79 Å². The molecule has 4 fully saturated rings. The van der Waals surface area contributed by atoms with E-state index in [0.717, 1.165) is 32.1 Å². The molecule has 0 heterocycles. The van der Waals surface area contributed by atoms with Crippen molar-refractivity contribution >= 4 is 46.4 Å². The lowest BCUT2D eigenvalue weighted by Crippen LogP contribution is -2.57. The second kappa shape index (κ2) is 5.03. The van der Waals surface area contributed by atoms with Crippen molar-refractivity contribution in [3.05, 3.63) is 28.2 Å². The summed E-state index contributed by atoms with van der Waals surface area (Å²) in [5.41, 5.74) is 0.274. The van der Waals surface area contributed by atoms with Gasteiger partial charge in [0.15, 0.2) is 0 Å². The van der Waals surface area contributed by atoms with E-state index in [9.17, 15) is 4.79 Å². The number of hydrogen-bond acceptors (Lipinski definition) is 1. The second-order valence-electron chi connectivity index (χ2n) is 7.45. The van der Waals surface area contributed by atoms with Crippen molar-refractivity contribution in [3.8, 4) is 0 Å². The number of carbonyl (C=O) groups is 1. The van der Waals surface area contributed by atoms with Crippen molar-refractivity contribution in [1.82, 2.24) is 0 Å². The van der Waals surface area contributed by atoms with Crippen molar-refractivity contribution in [1.29, 1.82) is 0 Å². The number of amides is 1. The maximum Gasteiger partial charge on any atom is 0.230 e. The largest absolute Gasteiger partial charge is 0.324 e. The molecular formula is C17H18Cl3NO. The highest BCUT2D eigenvalue weighted by molar-refractivity contribution is 6.44. The summed E-state index contributed by atoms with van der Waals surface area (Å²) in [4.78, 5) is 12.8. The van der Waals surface area contributed by atoms with Crippen LogP contribution in [0.15, 0.2) is 18.2 Å². The maximum atomic E-state index is 13.0. The van der Waals surface area contributed by atoms with E-state index in [0.29, 0.717) is 27.6 Å². The van der Waals surface area contributed by atoms with E-state index >= 15 is 0 Å². The normalized spacial score (nSPS) is 39.0. The molecule has 118 valence electrons. The summed E-state index contributed by atoms with van der Waals surface area (Å²) in [5.74, 6) is 1.26. The molecular weight excluding hydrogens is 341 g/mol. The molecule has 2 unspecified atom stereocenters. The van der Waals surface area contributed by atoms with Crippen LogP contribution in [-0.2, 0) is 4.79 Å². The average molecular weight is 359 g/mol. The van der Waals surface area contributed by atoms with Gasteiger partial charge in [0.1, 0.15) is 0 Å². The molecule has 0 radical (unpaired) electrons. The Bertz CT molecular complexity index is 631. The first-order valence-electron chi connectivity index (χ1n) is 7.84. The van der Waals surface area contributed by atoms with E-state index in [-0.39, 0.29) is 16.2 Å². The molecule has 4 saturated carbocycles. The van der Waals surface area contributed by atoms with E-state index in [2.05, 4.69) is 5.32 Å². The molecule has 2 atom stereocenters. The number of rotatable bonds is 2. The van der Waals surface area contributed by atoms with Crippen LogP contribution in [-0.4, -0.2) is 10.8 Å². The Morgan fingerprint density at radius 3 is 2.45 bits per heavy atom. The molecule has 22 heavy (non-hydrogen) atoms. The zero-order valence-electron chi connectivity index (χ0n) is 12.2. The van der Waals surface area contributed by atoms with E-state index in [1.54, 1.807) is 18.2 Å². The minimum Gasteiger partial charge on any atom is -0.324 e. The molecule has 4 bridgehead atoms. The van der Waals surface area contributed by atoms with Gasteiger partial charge < -0.3 is 5.32 Å². The molecule has 5 heteroatoms. The first-order chi connectivity index (χ1) is 10.4. The van der Waals surface area contributed by atoms with Crippen LogP contribution in [0.5, 0.6) is 0 Å². The Balaban J connectivity index is 1.61. The molecule has 4 aliphatic carbocycles. The standard InChI is InChI=1S/C17H18Cl3NO/c18-12-2-1-3-13(14(12)19)21-15(22)16-5-10-4-11(6-16)8-17(20,7-10)9-16/h1-3,10-11H,4-9H2,(H,21,22). The van der Waals surface area contributed by atoms with Crippen LogP contribution < -0.4 is 5.32 Å². The van der Waals surface area contributed by atoms with Crippen LogP contribution in [0.2, 0.25) is 10.0 Å². The van der Waals surface area contributed by atoms with Gasteiger partial charge in [-0.3, -0.25) is 4.79 Å². The van der Waals surface area contributed by atoms with E-state index in [1.165, 1.54) is 6.42 Å². The van der Waals surface area contributed by atoms with Gasteiger partial charge >= 0.3 is 0 Å². The molecule has 4 aliphatic rings. The monoisotopic (exact) mass is 357 g/mol. The lowest BCUT2D eigenvalue weighted by molar-refractivity contribution is -0.138. The number of nitrogens with one attached hydrogen (secondary N) is 1. The fourth-order valence-corrected chi connectivity index (χ4v) is 6.31. The molecule has 1 aromatic carbocycles. The molecule has 2 nitrogen and oxygen atoms in total. The Hall–Kier alpha value is -0.440. The van der Waals surface area contributed by atoms with Crippen LogP contribution in [0.4, 0.5) is 5.69 Å². The minimum absolute atomic E-state index is 0.0655. The molecule has 5 rings (SSSR count). The molecule has 0 aromatic heterocycles. The topological polar surface area (TPSA) is 29.1 Å². The van der Waals surface area contributed by atoms with Crippen molar-refractivity contribution in [2.75, 3.05) is 5.32 Å². The van der Waals surface area contributed by atoms with Gasteiger partial charge in [0, 0.05) is 4.87 Å². The highest BCUT2D eigenvalue weighted by Crippen LogP contribution is 2.64. The highest BCUT2D eigenvalue weighted by atomic mass is 35.5. The summed E-state index contributed by atoms with van der Waals surface area (Å²) in [7, 11) is 0. The summed E-state index contributed by atoms with van der Waals surface area (Å²) >= 11 is 19.0. The summed E-state index contributed by atoms with van der Waals surface area (Å²) in [6, 6.07) is 5.31. The fraction of sp³-hybridized carbons (Fsp3) is 0.588. The Morgan fingerprint density at radius 2 is 1.82 bits per heavy atom. The predicted octanol–water partition coefficient (Wildman–Crippen LogP) is 5.51. The first-order valence-corrected chi connectivity index (χ1v) is 8.97. The summed E-state index contributed by atoms with van der Waals surface area (Å²) in [6.45, 7) is 0. The van der Waals surface area contributed by atoms with Crippen LogP contribution in [0, 0.1) is 17.3 Å². The summed E-state index contributed by atoms with van der Waals surface area (Å²) in [5, 5.41) is 3.87. The smallest absolute Gasteiger partial charge is 0.230 e. The van der Waals surface area contributed by atoms with E-state index in [1.807, 2.05) is 0 Å². The van der Waals surface area contributed by atoms with E-state index in [4.69, 9.17) is 34.8 Å². The molecule has 1 aromatic rings. The first kappa shape index (κ1) is 15.1. The van der Waals surface area contributed by atoms with Crippen LogP contribution in [0.3, 0.4) is 0 Å². The van der Waals surface area contributed by atoms with Gasteiger partial charge in [-0.05, 0) is 62.5 Å².